The molecule has 0 saturated carbocycles. The highest BCUT2D eigenvalue weighted by molar-refractivity contribution is 5.92. The van der Waals surface area contributed by atoms with Crippen molar-refractivity contribution in [1.29, 1.82) is 0 Å². The van der Waals surface area contributed by atoms with Gasteiger partial charge in [-0.3, -0.25) is 9.59 Å². The maximum Gasteiger partial charge on any atom is 0.291 e. The first-order chi connectivity index (χ1) is 10.6. The zero-order valence-corrected chi connectivity index (χ0v) is 13.3. The van der Waals surface area contributed by atoms with Gasteiger partial charge in [0.2, 0.25) is 11.7 Å². The van der Waals surface area contributed by atoms with Crippen LogP contribution in [0.25, 0.3) is 0 Å². The Morgan fingerprint density at radius 3 is 2.91 bits per heavy atom. The summed E-state index contributed by atoms with van der Waals surface area (Å²) in [6.45, 7) is 2.38. The van der Waals surface area contributed by atoms with Crippen LogP contribution in [0, 0.1) is 6.92 Å². The van der Waals surface area contributed by atoms with Crippen molar-refractivity contribution in [2.45, 2.75) is 44.8 Å². The van der Waals surface area contributed by atoms with Crippen molar-refractivity contribution in [1.82, 2.24) is 15.2 Å². The molecule has 2 atom stereocenters. The second-order valence-corrected chi connectivity index (χ2v) is 5.46. The average Bonchev–Trinajstić information content (AvgIpc) is 2.97. The number of nitrogens with one attached hydrogen (secondary N) is 1. The van der Waals surface area contributed by atoms with Crippen LogP contribution in [0.2, 0.25) is 0 Å². The first-order valence-electron chi connectivity index (χ1n) is 7.53. The van der Waals surface area contributed by atoms with Crippen molar-refractivity contribution >= 4 is 11.8 Å². The van der Waals surface area contributed by atoms with E-state index in [4.69, 9.17) is 9.15 Å². The summed E-state index contributed by atoms with van der Waals surface area (Å²) in [5.74, 6) is 0.0454. The first-order valence-corrected chi connectivity index (χ1v) is 7.53. The molecule has 1 aliphatic heterocycles. The van der Waals surface area contributed by atoms with Crippen LogP contribution in [0.1, 0.15) is 41.9 Å². The van der Waals surface area contributed by atoms with Crippen LogP contribution in [0.5, 0.6) is 0 Å². The fourth-order valence-corrected chi connectivity index (χ4v) is 2.93. The monoisotopic (exact) mass is 309 g/mol. The number of methoxy groups -OCH3 is 1. The predicted octanol–water partition coefficient (Wildman–Crippen LogP) is 1.13. The molecule has 0 bridgehead atoms. The van der Waals surface area contributed by atoms with Crippen molar-refractivity contribution in [2.75, 3.05) is 20.7 Å². The lowest BCUT2D eigenvalue weighted by Crippen LogP contribution is -2.52. The van der Waals surface area contributed by atoms with Crippen molar-refractivity contribution in [3.63, 3.8) is 0 Å². The number of aryl methyl sites for hydroxylation is 1. The quantitative estimate of drug-likeness (QED) is 0.881. The minimum absolute atomic E-state index is 0.0383. The molecule has 2 amide bonds. The van der Waals surface area contributed by atoms with E-state index >= 15 is 0 Å². The molecule has 1 aliphatic rings. The van der Waals surface area contributed by atoms with Crippen molar-refractivity contribution in [3.8, 4) is 0 Å². The zero-order valence-electron chi connectivity index (χ0n) is 13.3. The second-order valence-electron chi connectivity index (χ2n) is 5.46. The standard InChI is InChI=1S/C15H23N3O4/c1-10-14(22-9-17-10)15(20)18-8-4-5-12(21-3)11(18)6-7-13(19)16-2/h9,11-12H,4-8H2,1-3H3,(H,16,19)/t11-,12-/m0/s1. The topological polar surface area (TPSA) is 84.7 Å². The molecule has 1 aromatic rings. The average molecular weight is 309 g/mol. The second kappa shape index (κ2) is 7.40. The van der Waals surface area contributed by atoms with Gasteiger partial charge in [0.05, 0.1) is 17.8 Å². The largest absolute Gasteiger partial charge is 0.438 e. The summed E-state index contributed by atoms with van der Waals surface area (Å²) < 4.78 is 10.7. The van der Waals surface area contributed by atoms with Crippen LogP contribution in [-0.4, -0.2) is 54.5 Å². The molecule has 0 aromatic carbocycles. The van der Waals surface area contributed by atoms with Gasteiger partial charge in [-0.25, -0.2) is 4.98 Å². The minimum atomic E-state index is -0.182. The molecular weight excluding hydrogens is 286 g/mol. The van der Waals surface area contributed by atoms with E-state index in [0.29, 0.717) is 25.1 Å². The lowest BCUT2D eigenvalue weighted by Gasteiger charge is -2.40. The molecule has 22 heavy (non-hydrogen) atoms. The summed E-state index contributed by atoms with van der Waals surface area (Å²) in [5, 5.41) is 2.61. The van der Waals surface area contributed by atoms with Gasteiger partial charge in [0.1, 0.15) is 0 Å². The molecule has 7 nitrogen and oxygen atoms in total. The van der Waals surface area contributed by atoms with Gasteiger partial charge in [0.15, 0.2) is 6.39 Å². The molecule has 2 heterocycles. The number of carbonyl (C=O) groups excluding carboxylic acids is 2. The van der Waals surface area contributed by atoms with E-state index in [1.165, 1.54) is 6.39 Å². The molecule has 7 heteroatoms. The molecule has 0 radical (unpaired) electrons. The van der Waals surface area contributed by atoms with E-state index in [1.54, 1.807) is 26.0 Å². The van der Waals surface area contributed by atoms with E-state index in [0.717, 1.165) is 12.8 Å². The highest BCUT2D eigenvalue weighted by Gasteiger charge is 2.36. The van der Waals surface area contributed by atoms with Crippen LogP contribution < -0.4 is 5.32 Å². The molecule has 1 aromatic heterocycles. The Labute approximate surface area is 130 Å². The Balaban J connectivity index is 2.16. The summed E-state index contributed by atoms with van der Waals surface area (Å²) >= 11 is 0. The van der Waals surface area contributed by atoms with E-state index in [-0.39, 0.29) is 29.7 Å². The zero-order chi connectivity index (χ0) is 16.1. The molecular formula is C15H23N3O4. The molecule has 0 spiro atoms. The molecule has 1 fully saturated rings. The number of nitrogens with zero attached hydrogens (tertiary/aromatic N) is 2. The molecule has 0 unspecified atom stereocenters. The molecule has 2 rings (SSSR count). The Hall–Kier alpha value is -1.89. The lowest BCUT2D eigenvalue weighted by molar-refractivity contribution is -0.121. The van der Waals surface area contributed by atoms with Gasteiger partial charge in [0, 0.05) is 27.1 Å². The summed E-state index contributed by atoms with van der Waals surface area (Å²) in [4.78, 5) is 30.0. The minimum Gasteiger partial charge on any atom is -0.438 e. The number of amides is 2. The van der Waals surface area contributed by atoms with Crippen molar-refractivity contribution < 1.29 is 18.7 Å². The van der Waals surface area contributed by atoms with Crippen molar-refractivity contribution in [3.05, 3.63) is 17.8 Å². The number of likely N-dealkylation sites (tertiary alicyclic amines) is 1. The SMILES string of the molecule is CNC(=O)CC[C@H]1[C@@H](OC)CCCN1C(=O)c1ocnc1C. The van der Waals surface area contributed by atoms with Crippen molar-refractivity contribution in [2.24, 2.45) is 0 Å². The molecule has 1 saturated heterocycles. The third-order valence-electron chi connectivity index (χ3n) is 4.17. The van der Waals surface area contributed by atoms with Gasteiger partial charge >= 0.3 is 0 Å². The van der Waals surface area contributed by atoms with E-state index < -0.39 is 0 Å². The smallest absolute Gasteiger partial charge is 0.291 e. The van der Waals surface area contributed by atoms with Gasteiger partial charge in [0.25, 0.3) is 5.91 Å². The number of aromatic nitrogens is 1. The number of rotatable bonds is 5. The summed E-state index contributed by atoms with van der Waals surface area (Å²) in [5.41, 5.74) is 0.578. The van der Waals surface area contributed by atoms with Crippen LogP contribution in [-0.2, 0) is 9.53 Å². The highest BCUT2D eigenvalue weighted by atomic mass is 16.5. The van der Waals surface area contributed by atoms with E-state index in [9.17, 15) is 9.59 Å². The number of carbonyl (C=O) groups is 2. The van der Waals surface area contributed by atoms with Gasteiger partial charge in [-0.1, -0.05) is 0 Å². The number of ether oxygens (including phenoxy) is 1. The third-order valence-corrected chi connectivity index (χ3v) is 4.17. The Kier molecular flexibility index (Phi) is 5.54. The number of piperidine rings is 1. The maximum atomic E-state index is 12.7. The fourth-order valence-electron chi connectivity index (χ4n) is 2.93. The fraction of sp³-hybridized carbons (Fsp3) is 0.667. The number of hydrogen-bond acceptors (Lipinski definition) is 5. The van der Waals surface area contributed by atoms with Gasteiger partial charge in [-0.2, -0.15) is 0 Å². The van der Waals surface area contributed by atoms with Crippen LogP contribution >= 0.6 is 0 Å². The highest BCUT2D eigenvalue weighted by Crippen LogP contribution is 2.26. The third kappa shape index (κ3) is 3.47. The molecule has 0 aliphatic carbocycles. The number of oxazole rings is 1. The maximum absolute atomic E-state index is 12.7. The van der Waals surface area contributed by atoms with E-state index in [2.05, 4.69) is 10.3 Å². The summed E-state index contributed by atoms with van der Waals surface area (Å²) in [6, 6.07) is -0.131. The van der Waals surface area contributed by atoms with E-state index in [1.807, 2.05) is 0 Å². The Morgan fingerprint density at radius 1 is 1.55 bits per heavy atom. The van der Waals surface area contributed by atoms with Crippen LogP contribution in [0.15, 0.2) is 10.8 Å². The van der Waals surface area contributed by atoms with Gasteiger partial charge in [-0.05, 0) is 26.2 Å². The van der Waals surface area contributed by atoms with Crippen LogP contribution in [0.4, 0.5) is 0 Å². The Morgan fingerprint density at radius 2 is 2.32 bits per heavy atom. The van der Waals surface area contributed by atoms with Gasteiger partial charge in [-0.15, -0.1) is 0 Å². The Bertz CT molecular complexity index is 529. The summed E-state index contributed by atoms with van der Waals surface area (Å²) in [7, 11) is 3.25. The molecule has 1 N–H and O–H groups in total. The summed E-state index contributed by atoms with van der Waals surface area (Å²) in [6.07, 6.45) is 3.89. The van der Waals surface area contributed by atoms with Gasteiger partial charge < -0.3 is 19.4 Å². The van der Waals surface area contributed by atoms with Crippen LogP contribution in [0.3, 0.4) is 0 Å². The predicted molar refractivity (Wildman–Crippen MR) is 79.4 cm³/mol. The normalized spacial score (nSPS) is 21.7. The lowest BCUT2D eigenvalue weighted by atomic mass is 9.94. The molecule has 122 valence electrons. The first kappa shape index (κ1) is 16.5. The number of hydrogen-bond donors (Lipinski definition) is 1.